The van der Waals surface area contributed by atoms with Crippen LogP contribution in [0.25, 0.3) is 11.4 Å². The average molecular weight is 204 g/mol. The highest BCUT2D eigenvalue weighted by atomic mass is 16.5. The molecule has 0 aromatic carbocycles. The number of nitrogens with zero attached hydrogens (tertiary/aromatic N) is 3. The largest absolute Gasteiger partial charge is 0.337 e. The summed E-state index contributed by atoms with van der Waals surface area (Å²) in [7, 11) is 0. The Morgan fingerprint density at radius 1 is 1.47 bits per heavy atom. The van der Waals surface area contributed by atoms with Crippen molar-refractivity contribution in [2.45, 2.75) is 19.9 Å². The lowest BCUT2D eigenvalue weighted by Gasteiger charge is -1.97. The Kier molecular flexibility index (Phi) is 2.47. The van der Waals surface area contributed by atoms with E-state index in [0.29, 0.717) is 11.7 Å². The molecule has 0 fully saturated rings. The van der Waals surface area contributed by atoms with Crippen molar-refractivity contribution < 1.29 is 4.52 Å². The second kappa shape index (κ2) is 3.78. The van der Waals surface area contributed by atoms with Gasteiger partial charge in [0.25, 0.3) is 0 Å². The van der Waals surface area contributed by atoms with E-state index >= 15 is 0 Å². The van der Waals surface area contributed by atoms with E-state index in [9.17, 15) is 0 Å². The Labute approximate surface area is 87.3 Å². The molecule has 2 heterocycles. The zero-order chi connectivity index (χ0) is 10.8. The molecule has 0 amide bonds. The summed E-state index contributed by atoms with van der Waals surface area (Å²) in [5.74, 6) is 0.973. The number of hydrogen-bond donors (Lipinski definition) is 1. The number of rotatable bonds is 2. The van der Waals surface area contributed by atoms with Gasteiger partial charge < -0.3 is 10.3 Å². The van der Waals surface area contributed by atoms with Gasteiger partial charge >= 0.3 is 0 Å². The maximum Gasteiger partial charge on any atom is 0.243 e. The van der Waals surface area contributed by atoms with Gasteiger partial charge in [0.1, 0.15) is 0 Å². The summed E-state index contributed by atoms with van der Waals surface area (Å²) < 4.78 is 5.02. The van der Waals surface area contributed by atoms with Crippen molar-refractivity contribution in [3.8, 4) is 11.4 Å². The van der Waals surface area contributed by atoms with Crippen LogP contribution in [0.3, 0.4) is 0 Å². The highest BCUT2D eigenvalue weighted by Crippen LogP contribution is 2.19. The van der Waals surface area contributed by atoms with E-state index in [1.54, 1.807) is 19.3 Å². The molecule has 2 N–H and O–H groups in total. The molecule has 0 aliphatic heterocycles. The molecule has 0 spiro atoms. The Balaban J connectivity index is 2.42. The van der Waals surface area contributed by atoms with Gasteiger partial charge in [-0.1, -0.05) is 5.16 Å². The quantitative estimate of drug-likeness (QED) is 0.801. The van der Waals surface area contributed by atoms with Crippen LogP contribution in [0.15, 0.2) is 23.0 Å². The number of nitrogens with two attached hydrogens (primary N) is 1. The van der Waals surface area contributed by atoms with Crippen LogP contribution in [-0.4, -0.2) is 15.1 Å². The molecule has 0 aliphatic rings. The second-order valence-electron chi connectivity index (χ2n) is 3.44. The smallest absolute Gasteiger partial charge is 0.243 e. The molecule has 0 radical (unpaired) electrons. The summed E-state index contributed by atoms with van der Waals surface area (Å²) in [5, 5.41) is 3.86. The fraction of sp³-hybridized carbons (Fsp3) is 0.300. The molecule has 78 valence electrons. The first kappa shape index (κ1) is 9.79. The van der Waals surface area contributed by atoms with E-state index in [-0.39, 0.29) is 6.04 Å². The molecule has 0 bridgehead atoms. The van der Waals surface area contributed by atoms with Crippen molar-refractivity contribution in [1.29, 1.82) is 0 Å². The fourth-order valence-corrected chi connectivity index (χ4v) is 1.23. The monoisotopic (exact) mass is 204 g/mol. The SMILES string of the molecule is Cc1ccncc1-c1noc([C@H](C)N)n1. The average Bonchev–Trinajstić information content (AvgIpc) is 2.67. The minimum atomic E-state index is -0.247. The maximum absolute atomic E-state index is 5.63. The van der Waals surface area contributed by atoms with Crippen molar-refractivity contribution in [3.63, 3.8) is 0 Å². The van der Waals surface area contributed by atoms with Crippen molar-refractivity contribution in [2.24, 2.45) is 5.73 Å². The minimum Gasteiger partial charge on any atom is -0.337 e. The van der Waals surface area contributed by atoms with Crippen molar-refractivity contribution in [2.75, 3.05) is 0 Å². The van der Waals surface area contributed by atoms with Gasteiger partial charge in [-0.05, 0) is 25.5 Å². The van der Waals surface area contributed by atoms with Crippen LogP contribution < -0.4 is 5.73 Å². The molecule has 0 aliphatic carbocycles. The van der Waals surface area contributed by atoms with Gasteiger partial charge in [0.2, 0.25) is 11.7 Å². The van der Waals surface area contributed by atoms with E-state index in [0.717, 1.165) is 11.1 Å². The molecule has 15 heavy (non-hydrogen) atoms. The molecular weight excluding hydrogens is 192 g/mol. The molecule has 1 atom stereocenters. The summed E-state index contributed by atoms with van der Waals surface area (Å²) >= 11 is 0. The van der Waals surface area contributed by atoms with Crippen LogP contribution in [-0.2, 0) is 0 Å². The third kappa shape index (κ3) is 1.87. The predicted octanol–water partition coefficient (Wildman–Crippen LogP) is 1.46. The van der Waals surface area contributed by atoms with Crippen molar-refractivity contribution in [1.82, 2.24) is 15.1 Å². The second-order valence-corrected chi connectivity index (χ2v) is 3.44. The molecule has 0 saturated heterocycles. The third-order valence-corrected chi connectivity index (χ3v) is 2.11. The zero-order valence-electron chi connectivity index (χ0n) is 8.64. The summed E-state index contributed by atoms with van der Waals surface area (Å²) in [4.78, 5) is 8.22. The first-order chi connectivity index (χ1) is 7.18. The molecule has 2 rings (SSSR count). The third-order valence-electron chi connectivity index (χ3n) is 2.11. The van der Waals surface area contributed by atoms with Crippen molar-refractivity contribution >= 4 is 0 Å². The fourth-order valence-electron chi connectivity index (χ4n) is 1.23. The van der Waals surface area contributed by atoms with E-state index in [4.69, 9.17) is 10.3 Å². The zero-order valence-corrected chi connectivity index (χ0v) is 8.64. The summed E-state index contributed by atoms with van der Waals surface area (Å²) in [6.45, 7) is 3.77. The van der Waals surface area contributed by atoms with E-state index < -0.39 is 0 Å². The van der Waals surface area contributed by atoms with Gasteiger partial charge in [0.15, 0.2) is 0 Å². The van der Waals surface area contributed by atoms with Gasteiger partial charge in [-0.2, -0.15) is 4.98 Å². The van der Waals surface area contributed by atoms with Crippen LogP contribution >= 0.6 is 0 Å². The summed E-state index contributed by atoms with van der Waals surface area (Å²) in [6.07, 6.45) is 3.44. The Bertz CT molecular complexity index is 464. The number of aromatic nitrogens is 3. The molecule has 2 aromatic rings. The van der Waals surface area contributed by atoms with Gasteiger partial charge in [0, 0.05) is 18.0 Å². The first-order valence-electron chi connectivity index (χ1n) is 4.68. The van der Waals surface area contributed by atoms with E-state index in [2.05, 4.69) is 15.1 Å². The number of pyridine rings is 1. The van der Waals surface area contributed by atoms with Crippen LogP contribution in [0.2, 0.25) is 0 Å². The molecular formula is C10H12N4O. The van der Waals surface area contributed by atoms with Crippen LogP contribution in [0.1, 0.15) is 24.4 Å². The molecule has 0 saturated carbocycles. The first-order valence-corrected chi connectivity index (χ1v) is 4.68. The Morgan fingerprint density at radius 2 is 2.27 bits per heavy atom. The van der Waals surface area contributed by atoms with Crippen LogP contribution in [0, 0.1) is 6.92 Å². The highest BCUT2D eigenvalue weighted by molar-refractivity contribution is 5.57. The maximum atomic E-state index is 5.63. The molecule has 2 aromatic heterocycles. The molecule has 0 unspecified atom stereocenters. The van der Waals surface area contributed by atoms with Gasteiger partial charge in [0.05, 0.1) is 6.04 Å². The highest BCUT2D eigenvalue weighted by Gasteiger charge is 2.12. The number of aryl methyl sites for hydroxylation is 1. The van der Waals surface area contributed by atoms with Crippen molar-refractivity contribution in [3.05, 3.63) is 29.9 Å². The Hall–Kier alpha value is -1.75. The summed E-state index contributed by atoms with van der Waals surface area (Å²) in [5.41, 5.74) is 7.56. The minimum absolute atomic E-state index is 0.247. The Morgan fingerprint density at radius 3 is 2.87 bits per heavy atom. The normalized spacial score (nSPS) is 12.7. The van der Waals surface area contributed by atoms with Gasteiger partial charge in [-0.15, -0.1) is 0 Å². The standard InChI is InChI=1S/C10H12N4O/c1-6-3-4-12-5-8(6)9-13-10(7(2)11)15-14-9/h3-5,7H,11H2,1-2H3/t7-/m0/s1. The van der Waals surface area contributed by atoms with Gasteiger partial charge in [-0.25, -0.2) is 0 Å². The van der Waals surface area contributed by atoms with E-state index in [1.165, 1.54) is 0 Å². The van der Waals surface area contributed by atoms with Crippen LogP contribution in [0.5, 0.6) is 0 Å². The lowest BCUT2D eigenvalue weighted by atomic mass is 10.1. The number of hydrogen-bond acceptors (Lipinski definition) is 5. The van der Waals surface area contributed by atoms with Crippen LogP contribution in [0.4, 0.5) is 0 Å². The predicted molar refractivity (Wildman–Crippen MR) is 54.9 cm³/mol. The lowest BCUT2D eigenvalue weighted by Crippen LogP contribution is -2.04. The van der Waals surface area contributed by atoms with E-state index in [1.807, 2.05) is 13.0 Å². The molecule has 5 nitrogen and oxygen atoms in total. The lowest BCUT2D eigenvalue weighted by molar-refractivity contribution is 0.362. The molecule has 5 heteroatoms. The van der Waals surface area contributed by atoms with Gasteiger partial charge in [-0.3, -0.25) is 4.98 Å². The summed E-state index contributed by atoms with van der Waals surface area (Å²) in [6, 6.07) is 1.65. The topological polar surface area (TPSA) is 77.8 Å².